The number of nitrogens with one attached hydrogen (secondary N) is 1. The van der Waals surface area contributed by atoms with Gasteiger partial charge in [-0.2, -0.15) is 0 Å². The largest absolute Gasteiger partial charge is 0.396 e. The molecule has 1 fully saturated rings. The number of nitrogens with zero attached hydrogens (tertiary/aromatic N) is 2. The molecule has 0 amide bonds. The van der Waals surface area contributed by atoms with Crippen LogP contribution in [0.5, 0.6) is 0 Å². The maximum atomic E-state index is 9.22. The fraction of sp³-hybridized carbons (Fsp3) is 0.667. The molecule has 4 nitrogen and oxygen atoms in total. The smallest absolute Gasteiger partial charge is 0.129 e. The van der Waals surface area contributed by atoms with Crippen molar-refractivity contribution >= 4 is 5.82 Å². The third-order valence-electron chi connectivity index (χ3n) is 3.40. The number of hydrogen-bond donors (Lipinski definition) is 2. The molecule has 2 atom stereocenters. The molecule has 0 saturated heterocycles. The molecule has 1 heterocycles. The van der Waals surface area contributed by atoms with Crippen LogP contribution in [0.4, 0.5) is 5.82 Å². The average Bonchev–Trinajstić information content (AvgIpc) is 2.74. The van der Waals surface area contributed by atoms with Crippen LogP contribution in [0.3, 0.4) is 0 Å². The maximum absolute atomic E-state index is 9.22. The number of aliphatic hydroxyl groups excluding tert-OH is 1. The number of aromatic nitrogens is 2. The lowest BCUT2D eigenvalue weighted by Gasteiger charge is -2.18. The summed E-state index contributed by atoms with van der Waals surface area (Å²) in [7, 11) is 0. The molecule has 1 aromatic rings. The molecule has 88 valence electrons. The van der Waals surface area contributed by atoms with Gasteiger partial charge in [-0.25, -0.2) is 9.97 Å². The molecule has 1 aliphatic rings. The fourth-order valence-electron chi connectivity index (χ4n) is 2.41. The Morgan fingerprint density at radius 1 is 1.38 bits per heavy atom. The van der Waals surface area contributed by atoms with Gasteiger partial charge in [-0.15, -0.1) is 0 Å². The lowest BCUT2D eigenvalue weighted by atomic mass is 9.97. The van der Waals surface area contributed by atoms with E-state index in [-0.39, 0.29) is 0 Å². The molecular weight excluding hydrogens is 202 g/mol. The molecule has 0 radical (unpaired) electrons. The topological polar surface area (TPSA) is 58.0 Å². The Balaban J connectivity index is 1.87. The lowest BCUT2D eigenvalue weighted by molar-refractivity contribution is 0.199. The molecule has 1 aromatic heterocycles. The molecule has 1 saturated carbocycles. The van der Waals surface area contributed by atoms with Crippen LogP contribution in [0, 0.1) is 18.8 Å². The van der Waals surface area contributed by atoms with E-state index in [0.717, 1.165) is 24.5 Å². The van der Waals surface area contributed by atoms with E-state index >= 15 is 0 Å². The summed E-state index contributed by atoms with van der Waals surface area (Å²) < 4.78 is 0. The van der Waals surface area contributed by atoms with Crippen molar-refractivity contribution < 1.29 is 5.11 Å². The van der Waals surface area contributed by atoms with Crippen LogP contribution in [0.15, 0.2) is 12.4 Å². The van der Waals surface area contributed by atoms with E-state index in [1.54, 1.807) is 6.33 Å². The second-order valence-corrected chi connectivity index (χ2v) is 4.56. The molecule has 4 heteroatoms. The molecule has 0 aromatic carbocycles. The van der Waals surface area contributed by atoms with E-state index in [2.05, 4.69) is 15.3 Å². The first kappa shape index (κ1) is 11.3. The molecule has 2 N–H and O–H groups in total. The minimum Gasteiger partial charge on any atom is -0.396 e. The highest BCUT2D eigenvalue weighted by molar-refractivity contribution is 5.34. The molecule has 2 rings (SSSR count). The Morgan fingerprint density at radius 2 is 2.19 bits per heavy atom. The van der Waals surface area contributed by atoms with Gasteiger partial charge in [-0.05, 0) is 31.6 Å². The van der Waals surface area contributed by atoms with Crippen molar-refractivity contribution in [3.8, 4) is 0 Å². The zero-order valence-electron chi connectivity index (χ0n) is 9.69. The second-order valence-electron chi connectivity index (χ2n) is 4.56. The Morgan fingerprint density at radius 3 is 2.94 bits per heavy atom. The Hall–Kier alpha value is -1.16. The van der Waals surface area contributed by atoms with Crippen LogP contribution < -0.4 is 5.32 Å². The number of aliphatic hydroxyl groups is 1. The summed E-state index contributed by atoms with van der Waals surface area (Å²) in [5.41, 5.74) is 0.975. The van der Waals surface area contributed by atoms with Gasteiger partial charge in [0.1, 0.15) is 12.1 Å². The minimum absolute atomic E-state index is 0.315. The van der Waals surface area contributed by atoms with Gasteiger partial charge in [-0.1, -0.05) is 6.42 Å². The summed E-state index contributed by atoms with van der Waals surface area (Å²) >= 11 is 0. The number of aryl methyl sites for hydroxylation is 1. The molecule has 2 unspecified atom stereocenters. The van der Waals surface area contributed by atoms with Crippen molar-refractivity contribution in [1.82, 2.24) is 9.97 Å². The van der Waals surface area contributed by atoms with Crippen molar-refractivity contribution in [1.29, 1.82) is 0 Å². The van der Waals surface area contributed by atoms with E-state index in [0.29, 0.717) is 18.4 Å². The highest BCUT2D eigenvalue weighted by Crippen LogP contribution is 2.31. The molecule has 0 bridgehead atoms. The zero-order chi connectivity index (χ0) is 11.4. The Labute approximate surface area is 96.1 Å². The van der Waals surface area contributed by atoms with Crippen LogP contribution in [0.25, 0.3) is 0 Å². The highest BCUT2D eigenvalue weighted by Gasteiger charge is 2.26. The van der Waals surface area contributed by atoms with E-state index in [1.165, 1.54) is 12.8 Å². The first-order valence-corrected chi connectivity index (χ1v) is 5.93. The van der Waals surface area contributed by atoms with Gasteiger partial charge in [0.15, 0.2) is 0 Å². The standard InChI is InChI=1S/C12H19N3O/c1-9-5-12(15-8-14-9)13-6-10-3-2-4-11(10)7-16/h5,8,10-11,16H,2-4,6-7H2,1H3,(H,13,14,15). The van der Waals surface area contributed by atoms with Gasteiger partial charge in [0.2, 0.25) is 0 Å². The van der Waals surface area contributed by atoms with Crippen molar-refractivity contribution in [2.45, 2.75) is 26.2 Å². The predicted octanol–water partition coefficient (Wildman–Crippen LogP) is 1.61. The van der Waals surface area contributed by atoms with E-state index < -0.39 is 0 Å². The highest BCUT2D eigenvalue weighted by atomic mass is 16.3. The molecule has 1 aliphatic carbocycles. The van der Waals surface area contributed by atoms with Gasteiger partial charge in [0.25, 0.3) is 0 Å². The molecule has 0 spiro atoms. The van der Waals surface area contributed by atoms with Gasteiger partial charge in [-0.3, -0.25) is 0 Å². The van der Waals surface area contributed by atoms with Crippen LogP contribution >= 0.6 is 0 Å². The lowest BCUT2D eigenvalue weighted by Crippen LogP contribution is -2.21. The van der Waals surface area contributed by atoms with Crippen LogP contribution in [-0.4, -0.2) is 28.2 Å². The van der Waals surface area contributed by atoms with E-state index in [9.17, 15) is 5.11 Å². The number of rotatable bonds is 4. The summed E-state index contributed by atoms with van der Waals surface area (Å²) in [4.78, 5) is 8.23. The van der Waals surface area contributed by atoms with E-state index in [1.807, 2.05) is 13.0 Å². The van der Waals surface area contributed by atoms with Crippen molar-refractivity contribution in [3.63, 3.8) is 0 Å². The second kappa shape index (κ2) is 5.25. The van der Waals surface area contributed by atoms with Gasteiger partial charge in [0.05, 0.1) is 0 Å². The van der Waals surface area contributed by atoms with Gasteiger partial charge in [0, 0.05) is 24.9 Å². The summed E-state index contributed by atoms with van der Waals surface area (Å²) in [5, 5.41) is 12.6. The zero-order valence-corrected chi connectivity index (χ0v) is 9.69. The Kier molecular flexibility index (Phi) is 3.72. The third-order valence-corrected chi connectivity index (χ3v) is 3.40. The summed E-state index contributed by atoms with van der Waals surface area (Å²) in [6, 6.07) is 1.95. The van der Waals surface area contributed by atoms with Crippen LogP contribution in [0.2, 0.25) is 0 Å². The normalized spacial score (nSPS) is 24.6. The number of anilines is 1. The summed E-state index contributed by atoms with van der Waals surface area (Å²) in [6.07, 6.45) is 5.18. The third kappa shape index (κ3) is 2.70. The van der Waals surface area contributed by atoms with Crippen molar-refractivity contribution in [2.24, 2.45) is 11.8 Å². The quantitative estimate of drug-likeness (QED) is 0.811. The minimum atomic E-state index is 0.315. The van der Waals surface area contributed by atoms with Crippen LogP contribution in [0.1, 0.15) is 25.0 Å². The Bertz CT molecular complexity index is 343. The first-order valence-electron chi connectivity index (χ1n) is 5.93. The average molecular weight is 221 g/mol. The maximum Gasteiger partial charge on any atom is 0.129 e. The fourth-order valence-corrected chi connectivity index (χ4v) is 2.41. The predicted molar refractivity (Wildman–Crippen MR) is 63.2 cm³/mol. The summed E-state index contributed by atoms with van der Waals surface area (Å²) in [6.45, 7) is 3.18. The molecule has 0 aliphatic heterocycles. The van der Waals surface area contributed by atoms with Crippen LogP contribution in [-0.2, 0) is 0 Å². The molecular formula is C12H19N3O. The monoisotopic (exact) mass is 221 g/mol. The molecule has 16 heavy (non-hydrogen) atoms. The van der Waals surface area contributed by atoms with Gasteiger partial charge < -0.3 is 10.4 Å². The first-order chi connectivity index (χ1) is 7.79. The van der Waals surface area contributed by atoms with Crippen molar-refractivity contribution in [2.75, 3.05) is 18.5 Å². The SMILES string of the molecule is Cc1cc(NCC2CCCC2CO)ncn1. The van der Waals surface area contributed by atoms with Crippen molar-refractivity contribution in [3.05, 3.63) is 18.1 Å². The van der Waals surface area contributed by atoms with Gasteiger partial charge >= 0.3 is 0 Å². The number of hydrogen-bond acceptors (Lipinski definition) is 4. The van der Waals surface area contributed by atoms with E-state index in [4.69, 9.17) is 0 Å². The summed E-state index contributed by atoms with van der Waals surface area (Å²) in [5.74, 6) is 1.94.